The molecule has 0 radical (unpaired) electrons. The second-order valence-corrected chi connectivity index (χ2v) is 4.72. The van der Waals surface area contributed by atoms with Crippen LogP contribution in [0.15, 0.2) is 18.5 Å². The smallest absolute Gasteiger partial charge is 0.0548 e. The van der Waals surface area contributed by atoms with E-state index in [1.807, 2.05) is 19.4 Å². The Hall–Kier alpha value is -1.29. The topological polar surface area (TPSA) is 40.2 Å². The highest BCUT2D eigenvalue weighted by Gasteiger charge is 2.18. The predicted molar refractivity (Wildman–Crippen MR) is 72.5 cm³/mol. The van der Waals surface area contributed by atoms with E-state index in [-0.39, 0.29) is 0 Å². The fourth-order valence-corrected chi connectivity index (χ4v) is 2.31. The van der Waals surface area contributed by atoms with E-state index < -0.39 is 0 Å². The molecule has 0 bridgehead atoms. The summed E-state index contributed by atoms with van der Waals surface area (Å²) in [6.07, 6.45) is 7.69. The molecular formula is C13H22N4. The third-order valence-corrected chi connectivity index (χ3v) is 3.49. The maximum absolute atomic E-state index is 4.20. The quantitative estimate of drug-likeness (QED) is 0.836. The Morgan fingerprint density at radius 1 is 1.35 bits per heavy atom. The number of piperidine rings is 1. The fourth-order valence-electron chi connectivity index (χ4n) is 2.31. The Balaban J connectivity index is 1.88. The van der Waals surface area contributed by atoms with E-state index in [0.717, 1.165) is 17.9 Å². The van der Waals surface area contributed by atoms with Gasteiger partial charge in [0.2, 0.25) is 0 Å². The van der Waals surface area contributed by atoms with Gasteiger partial charge in [-0.05, 0) is 32.5 Å². The number of nitrogens with zero attached hydrogens (tertiary/aromatic N) is 2. The average molecular weight is 234 g/mol. The maximum atomic E-state index is 4.20. The lowest BCUT2D eigenvalue weighted by Gasteiger charge is -2.32. The number of rotatable bonds is 4. The van der Waals surface area contributed by atoms with Crippen LogP contribution >= 0.6 is 0 Å². The Morgan fingerprint density at radius 2 is 2.18 bits per heavy atom. The molecule has 0 saturated carbocycles. The van der Waals surface area contributed by atoms with Gasteiger partial charge < -0.3 is 15.5 Å². The first-order valence-electron chi connectivity index (χ1n) is 6.36. The van der Waals surface area contributed by atoms with E-state index in [1.165, 1.54) is 25.8 Å². The van der Waals surface area contributed by atoms with Gasteiger partial charge in [0.05, 0.1) is 23.8 Å². The first-order valence-corrected chi connectivity index (χ1v) is 6.36. The first kappa shape index (κ1) is 12.2. The monoisotopic (exact) mass is 234 g/mol. The van der Waals surface area contributed by atoms with Gasteiger partial charge in [0, 0.05) is 19.6 Å². The number of nitrogens with one attached hydrogen (secondary N) is 2. The van der Waals surface area contributed by atoms with Crippen LogP contribution in [0.25, 0.3) is 0 Å². The molecule has 1 fully saturated rings. The van der Waals surface area contributed by atoms with Crippen LogP contribution in [0, 0.1) is 0 Å². The van der Waals surface area contributed by atoms with Crippen molar-refractivity contribution in [3.8, 4) is 0 Å². The van der Waals surface area contributed by atoms with Gasteiger partial charge in [0.1, 0.15) is 0 Å². The molecule has 1 aliphatic heterocycles. The van der Waals surface area contributed by atoms with E-state index in [2.05, 4.69) is 33.6 Å². The molecule has 17 heavy (non-hydrogen) atoms. The summed E-state index contributed by atoms with van der Waals surface area (Å²) in [4.78, 5) is 6.65. The number of hydrogen-bond acceptors (Lipinski definition) is 4. The lowest BCUT2D eigenvalue weighted by Crippen LogP contribution is -2.40. The number of pyridine rings is 1. The van der Waals surface area contributed by atoms with Gasteiger partial charge in [-0.15, -0.1) is 0 Å². The highest BCUT2D eigenvalue weighted by molar-refractivity contribution is 5.53. The van der Waals surface area contributed by atoms with Crippen molar-refractivity contribution in [1.82, 2.24) is 9.88 Å². The summed E-state index contributed by atoms with van der Waals surface area (Å²) in [6, 6.07) is 2.75. The van der Waals surface area contributed by atoms with Crippen molar-refractivity contribution in [1.29, 1.82) is 0 Å². The highest BCUT2D eigenvalue weighted by Crippen LogP contribution is 2.17. The van der Waals surface area contributed by atoms with Crippen LogP contribution < -0.4 is 10.6 Å². The normalized spacial score (nSPS) is 21.2. The summed E-state index contributed by atoms with van der Waals surface area (Å²) in [5, 5.41) is 6.58. The minimum Gasteiger partial charge on any atom is -0.387 e. The molecule has 0 aliphatic carbocycles. The zero-order chi connectivity index (χ0) is 12.1. The van der Waals surface area contributed by atoms with Gasteiger partial charge in [0.25, 0.3) is 0 Å². The Labute approximate surface area is 103 Å². The van der Waals surface area contributed by atoms with Crippen molar-refractivity contribution in [3.05, 3.63) is 18.5 Å². The summed E-state index contributed by atoms with van der Waals surface area (Å²) in [5.74, 6) is 0. The minimum atomic E-state index is 0.655. The molecule has 2 N–H and O–H groups in total. The van der Waals surface area contributed by atoms with Crippen molar-refractivity contribution in [2.24, 2.45) is 0 Å². The van der Waals surface area contributed by atoms with Gasteiger partial charge in [0.15, 0.2) is 0 Å². The molecule has 2 rings (SSSR count). The molecule has 1 unspecified atom stereocenters. The molecule has 1 aromatic rings. The molecule has 0 spiro atoms. The Bertz CT molecular complexity index is 353. The molecule has 1 aliphatic rings. The average Bonchev–Trinajstić information content (AvgIpc) is 2.38. The lowest BCUT2D eigenvalue weighted by atomic mass is 10.0. The van der Waals surface area contributed by atoms with Gasteiger partial charge in [-0.2, -0.15) is 0 Å². The van der Waals surface area contributed by atoms with Crippen LogP contribution in [0.4, 0.5) is 11.4 Å². The SMILES string of the molecule is CNc1cncc(NCC2CCCCN2C)c1. The van der Waals surface area contributed by atoms with E-state index in [1.54, 1.807) is 0 Å². The third kappa shape index (κ3) is 3.33. The molecule has 1 saturated heterocycles. The fraction of sp³-hybridized carbons (Fsp3) is 0.615. The van der Waals surface area contributed by atoms with Gasteiger partial charge >= 0.3 is 0 Å². The van der Waals surface area contributed by atoms with Crippen molar-refractivity contribution in [3.63, 3.8) is 0 Å². The molecule has 2 heterocycles. The van der Waals surface area contributed by atoms with Crippen LogP contribution in [0.3, 0.4) is 0 Å². The molecule has 4 nitrogen and oxygen atoms in total. The van der Waals surface area contributed by atoms with E-state index in [4.69, 9.17) is 0 Å². The first-order chi connectivity index (χ1) is 8.29. The zero-order valence-electron chi connectivity index (χ0n) is 10.7. The highest BCUT2D eigenvalue weighted by atomic mass is 15.2. The summed E-state index contributed by atoms with van der Waals surface area (Å²) < 4.78 is 0. The molecule has 0 aromatic carbocycles. The van der Waals surface area contributed by atoms with Crippen molar-refractivity contribution < 1.29 is 0 Å². The van der Waals surface area contributed by atoms with Crippen molar-refractivity contribution in [2.75, 3.05) is 37.8 Å². The number of hydrogen-bond donors (Lipinski definition) is 2. The third-order valence-electron chi connectivity index (χ3n) is 3.49. The molecular weight excluding hydrogens is 212 g/mol. The van der Waals surface area contributed by atoms with Crippen molar-refractivity contribution >= 4 is 11.4 Å². The molecule has 1 aromatic heterocycles. The minimum absolute atomic E-state index is 0.655. The Kier molecular flexibility index (Phi) is 4.20. The van der Waals surface area contributed by atoms with Gasteiger partial charge in [-0.1, -0.05) is 6.42 Å². The number of likely N-dealkylation sites (tertiary alicyclic amines) is 1. The van der Waals surface area contributed by atoms with Crippen LogP contribution in [0.2, 0.25) is 0 Å². The van der Waals surface area contributed by atoms with Crippen LogP contribution in [-0.2, 0) is 0 Å². The summed E-state index contributed by atoms with van der Waals surface area (Å²) in [7, 11) is 4.13. The van der Waals surface area contributed by atoms with Gasteiger partial charge in [-0.3, -0.25) is 4.98 Å². The van der Waals surface area contributed by atoms with E-state index in [0.29, 0.717) is 6.04 Å². The maximum Gasteiger partial charge on any atom is 0.0548 e. The van der Waals surface area contributed by atoms with E-state index >= 15 is 0 Å². The largest absolute Gasteiger partial charge is 0.387 e. The second-order valence-electron chi connectivity index (χ2n) is 4.72. The predicted octanol–water partition coefficient (Wildman–Crippen LogP) is 2.02. The van der Waals surface area contributed by atoms with Gasteiger partial charge in [-0.25, -0.2) is 0 Å². The van der Waals surface area contributed by atoms with Crippen LogP contribution in [-0.4, -0.2) is 43.1 Å². The number of likely N-dealkylation sites (N-methyl/N-ethyl adjacent to an activating group) is 1. The number of aromatic nitrogens is 1. The van der Waals surface area contributed by atoms with E-state index in [9.17, 15) is 0 Å². The summed E-state index contributed by atoms with van der Waals surface area (Å²) in [5.41, 5.74) is 2.14. The van der Waals surface area contributed by atoms with Crippen LogP contribution in [0.1, 0.15) is 19.3 Å². The second kappa shape index (κ2) is 5.87. The molecule has 0 amide bonds. The molecule has 94 valence electrons. The number of anilines is 2. The molecule has 1 atom stereocenters. The lowest BCUT2D eigenvalue weighted by molar-refractivity contribution is 0.194. The standard InChI is InChI=1S/C13H22N4/c1-14-11-7-12(9-15-8-11)16-10-13-5-3-4-6-17(13)2/h7-9,13-14,16H,3-6,10H2,1-2H3. The van der Waals surface area contributed by atoms with Crippen molar-refractivity contribution in [2.45, 2.75) is 25.3 Å². The Morgan fingerprint density at radius 3 is 2.94 bits per heavy atom. The van der Waals surface area contributed by atoms with Crippen LogP contribution in [0.5, 0.6) is 0 Å². The summed E-state index contributed by atoms with van der Waals surface area (Å²) in [6.45, 7) is 2.23. The summed E-state index contributed by atoms with van der Waals surface area (Å²) >= 11 is 0. The zero-order valence-corrected chi connectivity index (χ0v) is 10.7. The molecule has 4 heteroatoms.